The van der Waals surface area contributed by atoms with Crippen molar-refractivity contribution < 1.29 is 0 Å². The zero-order valence-electron chi connectivity index (χ0n) is 14.2. The molecule has 0 amide bonds. The zero-order valence-corrected chi connectivity index (χ0v) is 14.2. The lowest BCUT2D eigenvalue weighted by Crippen LogP contribution is -2.17. The van der Waals surface area contributed by atoms with Crippen LogP contribution in [0.25, 0.3) is 10.8 Å². The molecule has 3 rings (SSSR count). The first-order chi connectivity index (χ1) is 11.3. The highest BCUT2D eigenvalue weighted by molar-refractivity contribution is 5.85. The van der Waals surface area contributed by atoms with Gasteiger partial charge < -0.3 is 0 Å². The van der Waals surface area contributed by atoms with Gasteiger partial charge in [-0.05, 0) is 49.1 Å². The van der Waals surface area contributed by atoms with E-state index in [1.807, 2.05) is 0 Å². The van der Waals surface area contributed by atoms with Crippen molar-refractivity contribution in [3.63, 3.8) is 0 Å². The van der Waals surface area contributed by atoms with Gasteiger partial charge in [0.25, 0.3) is 0 Å². The molecule has 0 fully saturated rings. The minimum atomic E-state index is 0.991. The van der Waals surface area contributed by atoms with Gasteiger partial charge in [-0.1, -0.05) is 72.7 Å². The van der Waals surface area contributed by atoms with Gasteiger partial charge in [0.2, 0.25) is 0 Å². The van der Waals surface area contributed by atoms with Gasteiger partial charge in [0.1, 0.15) is 0 Å². The topological polar surface area (TPSA) is 3.24 Å². The molecule has 1 heteroatoms. The summed E-state index contributed by atoms with van der Waals surface area (Å²) in [5.41, 5.74) is 2.94. The van der Waals surface area contributed by atoms with Crippen LogP contribution >= 0.6 is 0 Å². The Morgan fingerprint density at radius 3 is 2.83 bits per heavy atom. The molecule has 0 atom stereocenters. The summed E-state index contributed by atoms with van der Waals surface area (Å²) in [5.74, 6) is 0. The van der Waals surface area contributed by atoms with E-state index in [-0.39, 0.29) is 0 Å². The molecule has 0 aromatic heterocycles. The molecule has 2 aromatic rings. The van der Waals surface area contributed by atoms with E-state index in [0.717, 1.165) is 13.1 Å². The smallest absolute Gasteiger partial charge is 0.0240 e. The van der Waals surface area contributed by atoms with E-state index in [9.17, 15) is 0 Å². The fraction of sp³-hybridized carbons (Fsp3) is 0.364. The number of rotatable bonds is 5. The summed E-state index contributed by atoms with van der Waals surface area (Å²) in [7, 11) is 2.20. The highest BCUT2D eigenvalue weighted by Crippen LogP contribution is 2.20. The first kappa shape index (κ1) is 16.0. The van der Waals surface area contributed by atoms with Crippen LogP contribution in [0.3, 0.4) is 0 Å². The average Bonchev–Trinajstić information content (AvgIpc) is 2.84. The molecule has 2 aromatic carbocycles. The molecule has 23 heavy (non-hydrogen) atoms. The van der Waals surface area contributed by atoms with Crippen LogP contribution in [0.2, 0.25) is 0 Å². The molecular weight excluding hydrogens is 278 g/mol. The largest absolute Gasteiger partial charge is 0.298 e. The van der Waals surface area contributed by atoms with Crippen LogP contribution < -0.4 is 0 Å². The van der Waals surface area contributed by atoms with Gasteiger partial charge in [0.05, 0.1) is 0 Å². The normalized spacial score (nSPS) is 16.0. The van der Waals surface area contributed by atoms with Crippen LogP contribution in [0.1, 0.15) is 37.7 Å². The zero-order chi connectivity index (χ0) is 15.9. The maximum Gasteiger partial charge on any atom is 0.0240 e. The van der Waals surface area contributed by atoms with E-state index in [1.54, 1.807) is 0 Å². The highest BCUT2D eigenvalue weighted by Gasteiger charge is 2.03. The summed E-state index contributed by atoms with van der Waals surface area (Å²) in [6.07, 6.45) is 13.7. The number of nitrogens with zero attached hydrogens (tertiary/aromatic N) is 1. The van der Waals surface area contributed by atoms with Crippen molar-refractivity contribution in [1.82, 2.24) is 4.90 Å². The van der Waals surface area contributed by atoms with E-state index in [0.29, 0.717) is 0 Å². The highest BCUT2D eigenvalue weighted by atomic mass is 15.1. The van der Waals surface area contributed by atoms with Crippen molar-refractivity contribution in [2.75, 3.05) is 13.6 Å². The van der Waals surface area contributed by atoms with Crippen molar-refractivity contribution in [2.24, 2.45) is 0 Å². The Morgan fingerprint density at radius 2 is 1.87 bits per heavy atom. The molecule has 0 unspecified atom stereocenters. The molecule has 1 aliphatic carbocycles. The molecule has 1 nitrogen and oxygen atoms in total. The van der Waals surface area contributed by atoms with Crippen LogP contribution in [-0.2, 0) is 6.54 Å². The molecule has 120 valence electrons. The third kappa shape index (κ3) is 4.56. The Balaban J connectivity index is 1.60. The number of fused-ring (bicyclic) bond motifs is 1. The molecule has 0 spiro atoms. The number of benzene rings is 2. The van der Waals surface area contributed by atoms with Crippen molar-refractivity contribution in [3.05, 3.63) is 71.8 Å². The minimum absolute atomic E-state index is 0.991. The summed E-state index contributed by atoms with van der Waals surface area (Å²) >= 11 is 0. The third-order valence-corrected chi connectivity index (χ3v) is 4.65. The van der Waals surface area contributed by atoms with Gasteiger partial charge >= 0.3 is 0 Å². The molecule has 1 aliphatic rings. The number of hydrogen-bond acceptors (Lipinski definition) is 1. The van der Waals surface area contributed by atoms with Crippen molar-refractivity contribution in [3.8, 4) is 0 Å². The second kappa shape index (κ2) is 8.12. The fourth-order valence-electron chi connectivity index (χ4n) is 3.36. The Bertz CT molecular complexity index is 691. The van der Waals surface area contributed by atoms with Gasteiger partial charge in [-0.3, -0.25) is 4.90 Å². The predicted octanol–water partition coefficient (Wildman–Crippen LogP) is 5.72. The second-order valence-electron chi connectivity index (χ2n) is 6.62. The third-order valence-electron chi connectivity index (χ3n) is 4.65. The van der Waals surface area contributed by atoms with Crippen molar-refractivity contribution in [2.45, 2.75) is 38.6 Å². The predicted molar refractivity (Wildman–Crippen MR) is 101 cm³/mol. The van der Waals surface area contributed by atoms with Crippen LogP contribution in [0.15, 0.2) is 66.3 Å². The van der Waals surface area contributed by atoms with E-state index in [1.165, 1.54) is 54.0 Å². The first-order valence-corrected chi connectivity index (χ1v) is 8.84. The SMILES string of the molecule is CN(C/C=C/C1=CCCCCC1)Cc1cccc2ccccc12. The minimum Gasteiger partial charge on any atom is -0.298 e. The summed E-state index contributed by atoms with van der Waals surface area (Å²) in [6.45, 7) is 1.99. The Kier molecular flexibility index (Phi) is 5.65. The average molecular weight is 305 g/mol. The van der Waals surface area contributed by atoms with E-state index in [4.69, 9.17) is 0 Å². The van der Waals surface area contributed by atoms with E-state index >= 15 is 0 Å². The first-order valence-electron chi connectivity index (χ1n) is 8.84. The van der Waals surface area contributed by atoms with Gasteiger partial charge in [-0.15, -0.1) is 0 Å². The summed E-state index contributed by atoms with van der Waals surface area (Å²) in [6, 6.07) is 15.3. The molecule has 0 saturated carbocycles. The molecule has 0 radical (unpaired) electrons. The van der Waals surface area contributed by atoms with Gasteiger partial charge in [-0.2, -0.15) is 0 Å². The lowest BCUT2D eigenvalue weighted by Gasteiger charge is -2.16. The Labute approximate surface area is 140 Å². The lowest BCUT2D eigenvalue weighted by molar-refractivity contribution is 0.365. The van der Waals surface area contributed by atoms with Crippen LogP contribution in [0, 0.1) is 0 Å². The summed E-state index contributed by atoms with van der Waals surface area (Å²) < 4.78 is 0. The standard InChI is InChI=1S/C22H27N/c1-23(17-9-12-19-10-4-2-3-5-11-19)18-21-15-8-14-20-13-6-7-16-22(20)21/h6-10,12-16H,2-5,11,17-18H2,1H3/b12-9+. The summed E-state index contributed by atoms with van der Waals surface area (Å²) in [5, 5.41) is 2.70. The molecule has 0 saturated heterocycles. The number of allylic oxidation sites excluding steroid dienone is 3. The molecule has 0 heterocycles. The van der Waals surface area contributed by atoms with Crippen LogP contribution in [0.4, 0.5) is 0 Å². The molecule has 0 N–H and O–H groups in total. The van der Waals surface area contributed by atoms with Crippen molar-refractivity contribution in [1.29, 1.82) is 0 Å². The monoisotopic (exact) mass is 305 g/mol. The quantitative estimate of drug-likeness (QED) is 0.683. The number of likely N-dealkylation sites (N-methyl/N-ethyl adjacent to an activating group) is 1. The van der Waals surface area contributed by atoms with E-state index in [2.05, 4.69) is 72.6 Å². The Morgan fingerprint density at radius 1 is 1.00 bits per heavy atom. The van der Waals surface area contributed by atoms with E-state index < -0.39 is 0 Å². The van der Waals surface area contributed by atoms with Crippen LogP contribution in [0.5, 0.6) is 0 Å². The molecule has 0 bridgehead atoms. The van der Waals surface area contributed by atoms with Crippen LogP contribution in [-0.4, -0.2) is 18.5 Å². The molecule has 0 aliphatic heterocycles. The molecular formula is C22H27N. The fourth-order valence-corrected chi connectivity index (χ4v) is 3.36. The summed E-state index contributed by atoms with van der Waals surface area (Å²) in [4.78, 5) is 2.38. The van der Waals surface area contributed by atoms with Gasteiger partial charge in [0, 0.05) is 13.1 Å². The Hall–Kier alpha value is -1.86. The van der Waals surface area contributed by atoms with Gasteiger partial charge in [-0.25, -0.2) is 0 Å². The number of hydrogen-bond donors (Lipinski definition) is 0. The maximum absolute atomic E-state index is 2.42. The second-order valence-corrected chi connectivity index (χ2v) is 6.62. The lowest BCUT2D eigenvalue weighted by atomic mass is 10.0. The van der Waals surface area contributed by atoms with Gasteiger partial charge in [0.15, 0.2) is 0 Å². The van der Waals surface area contributed by atoms with Crippen molar-refractivity contribution >= 4 is 10.8 Å². The maximum atomic E-state index is 2.42.